The minimum Gasteiger partial charge on any atom is -0.492 e. The average Bonchev–Trinajstić information content (AvgIpc) is 2.62. The molecule has 0 aromatic heterocycles. The number of piperidine rings is 1. The fourth-order valence-corrected chi connectivity index (χ4v) is 3.93. The van der Waals surface area contributed by atoms with Crippen LogP contribution in [0.3, 0.4) is 0 Å². The molecule has 0 radical (unpaired) electrons. The molecule has 0 atom stereocenters. The quantitative estimate of drug-likeness (QED) is 0.746. The lowest BCUT2D eigenvalue weighted by Crippen LogP contribution is -2.44. The van der Waals surface area contributed by atoms with E-state index in [1.165, 1.54) is 4.31 Å². The summed E-state index contributed by atoms with van der Waals surface area (Å²) in [7, 11) is -1.38. The number of amides is 1. The van der Waals surface area contributed by atoms with Gasteiger partial charge < -0.3 is 9.64 Å². The fourth-order valence-electron chi connectivity index (χ4n) is 2.80. The number of para-hydroxylation sites is 1. The second-order valence-electron chi connectivity index (χ2n) is 6.00. The Kier molecular flexibility index (Phi) is 6.62. The molecule has 0 bridgehead atoms. The maximum Gasteiger partial charge on any atom is 0.225 e. The average molecular weight is 354 g/mol. The van der Waals surface area contributed by atoms with Crippen LogP contribution in [0.15, 0.2) is 30.3 Å². The largest absolute Gasteiger partial charge is 0.492 e. The smallest absolute Gasteiger partial charge is 0.225 e. The molecule has 6 nitrogen and oxygen atoms in total. The van der Waals surface area contributed by atoms with E-state index in [0.717, 1.165) is 5.75 Å². The Bertz CT molecular complexity index is 625. The highest BCUT2D eigenvalue weighted by molar-refractivity contribution is 7.89. The molecule has 0 aliphatic carbocycles. The molecule has 0 saturated carbocycles. The van der Waals surface area contributed by atoms with Crippen LogP contribution >= 0.6 is 0 Å². The van der Waals surface area contributed by atoms with Crippen LogP contribution in [0.1, 0.15) is 19.8 Å². The van der Waals surface area contributed by atoms with E-state index in [-0.39, 0.29) is 17.6 Å². The molecule has 0 unspecified atom stereocenters. The van der Waals surface area contributed by atoms with Crippen molar-refractivity contribution in [3.8, 4) is 5.75 Å². The number of likely N-dealkylation sites (N-methyl/N-ethyl adjacent to an activating group) is 1. The van der Waals surface area contributed by atoms with Gasteiger partial charge in [0, 0.05) is 26.1 Å². The molecular formula is C17H26N2O4S. The number of carbonyl (C=O) groups excluding carboxylic acids is 1. The summed E-state index contributed by atoms with van der Waals surface area (Å²) in [6.07, 6.45) is 1.17. The predicted molar refractivity (Wildman–Crippen MR) is 93.3 cm³/mol. The zero-order valence-corrected chi connectivity index (χ0v) is 15.2. The second kappa shape index (κ2) is 8.48. The van der Waals surface area contributed by atoms with Crippen molar-refractivity contribution in [1.82, 2.24) is 9.21 Å². The molecule has 1 fully saturated rings. The number of carbonyl (C=O) groups is 1. The van der Waals surface area contributed by atoms with Crippen LogP contribution in [0, 0.1) is 5.92 Å². The number of hydrogen-bond donors (Lipinski definition) is 0. The lowest BCUT2D eigenvalue weighted by atomic mass is 9.97. The third kappa shape index (κ3) is 4.95. The molecule has 2 rings (SSSR count). The van der Waals surface area contributed by atoms with Gasteiger partial charge in [-0.1, -0.05) is 18.2 Å². The number of sulfonamides is 1. The van der Waals surface area contributed by atoms with Gasteiger partial charge in [-0.15, -0.1) is 0 Å². The summed E-state index contributed by atoms with van der Waals surface area (Å²) in [5, 5.41) is 0. The minimum atomic E-state index is -3.15. The molecule has 1 aromatic rings. The normalized spacial score (nSPS) is 16.8. The van der Waals surface area contributed by atoms with E-state index in [9.17, 15) is 13.2 Å². The van der Waals surface area contributed by atoms with E-state index in [2.05, 4.69) is 0 Å². The molecule has 24 heavy (non-hydrogen) atoms. The Morgan fingerprint density at radius 3 is 2.46 bits per heavy atom. The van der Waals surface area contributed by atoms with Crippen molar-refractivity contribution in [2.24, 2.45) is 5.92 Å². The van der Waals surface area contributed by atoms with Gasteiger partial charge in [0.25, 0.3) is 0 Å². The van der Waals surface area contributed by atoms with E-state index in [4.69, 9.17) is 4.74 Å². The highest BCUT2D eigenvalue weighted by Gasteiger charge is 2.31. The first-order valence-corrected chi connectivity index (χ1v) is 9.95. The predicted octanol–water partition coefficient (Wildman–Crippen LogP) is 1.59. The van der Waals surface area contributed by atoms with Crippen molar-refractivity contribution in [2.75, 3.05) is 39.0 Å². The van der Waals surface area contributed by atoms with Crippen LogP contribution in [-0.2, 0) is 14.8 Å². The lowest BCUT2D eigenvalue weighted by Gasteiger charge is -2.32. The SMILES string of the molecule is CCS(=O)(=O)N1CCC(C(=O)N(C)CCOc2ccccc2)CC1. The monoisotopic (exact) mass is 354 g/mol. The number of hydrogen-bond acceptors (Lipinski definition) is 4. The first kappa shape index (κ1) is 18.7. The molecule has 7 heteroatoms. The van der Waals surface area contributed by atoms with Gasteiger partial charge in [-0.05, 0) is 31.9 Å². The first-order chi connectivity index (χ1) is 11.4. The number of rotatable bonds is 7. The first-order valence-electron chi connectivity index (χ1n) is 8.34. The fraction of sp³-hybridized carbons (Fsp3) is 0.588. The third-order valence-corrected chi connectivity index (χ3v) is 6.26. The molecular weight excluding hydrogens is 328 g/mol. The van der Waals surface area contributed by atoms with Crippen molar-refractivity contribution in [3.63, 3.8) is 0 Å². The Hall–Kier alpha value is -1.60. The third-order valence-electron chi connectivity index (χ3n) is 4.38. The van der Waals surface area contributed by atoms with Crippen LogP contribution in [0.5, 0.6) is 5.75 Å². The van der Waals surface area contributed by atoms with E-state index in [1.54, 1.807) is 18.9 Å². The van der Waals surface area contributed by atoms with Gasteiger partial charge in [0.05, 0.1) is 12.3 Å². The van der Waals surface area contributed by atoms with Gasteiger partial charge in [-0.3, -0.25) is 4.79 Å². The van der Waals surface area contributed by atoms with E-state index in [0.29, 0.717) is 39.1 Å². The summed E-state index contributed by atoms with van der Waals surface area (Å²) in [4.78, 5) is 14.1. The molecule has 0 spiro atoms. The molecule has 0 N–H and O–H groups in total. The van der Waals surface area contributed by atoms with Crippen LogP contribution in [0.2, 0.25) is 0 Å². The number of nitrogens with zero attached hydrogens (tertiary/aromatic N) is 2. The van der Waals surface area contributed by atoms with Gasteiger partial charge in [-0.25, -0.2) is 12.7 Å². The van der Waals surface area contributed by atoms with Crippen molar-refractivity contribution in [2.45, 2.75) is 19.8 Å². The second-order valence-corrected chi connectivity index (χ2v) is 8.25. The summed E-state index contributed by atoms with van der Waals surface area (Å²) in [5.41, 5.74) is 0. The minimum absolute atomic E-state index is 0.0696. The summed E-state index contributed by atoms with van der Waals surface area (Å²) >= 11 is 0. The van der Waals surface area contributed by atoms with Crippen molar-refractivity contribution in [1.29, 1.82) is 0 Å². The highest BCUT2D eigenvalue weighted by atomic mass is 32.2. The maximum absolute atomic E-state index is 12.5. The van der Waals surface area contributed by atoms with Crippen molar-refractivity contribution in [3.05, 3.63) is 30.3 Å². The lowest BCUT2D eigenvalue weighted by molar-refractivity contribution is -0.135. The Balaban J connectivity index is 1.76. The number of benzene rings is 1. The Morgan fingerprint density at radius 1 is 1.25 bits per heavy atom. The van der Waals surface area contributed by atoms with Crippen LogP contribution in [0.25, 0.3) is 0 Å². The zero-order chi connectivity index (χ0) is 17.6. The molecule has 1 aromatic carbocycles. The van der Waals surface area contributed by atoms with Crippen molar-refractivity contribution >= 4 is 15.9 Å². The highest BCUT2D eigenvalue weighted by Crippen LogP contribution is 2.21. The summed E-state index contributed by atoms with van der Waals surface area (Å²) in [5.74, 6) is 0.870. The van der Waals surface area contributed by atoms with Gasteiger partial charge >= 0.3 is 0 Å². The Labute approximate surface area is 144 Å². The molecule has 134 valence electrons. The van der Waals surface area contributed by atoms with Crippen LogP contribution in [0.4, 0.5) is 0 Å². The molecule has 1 saturated heterocycles. The van der Waals surface area contributed by atoms with Gasteiger partial charge in [-0.2, -0.15) is 0 Å². The topological polar surface area (TPSA) is 66.9 Å². The molecule has 1 heterocycles. The molecule has 1 aliphatic rings. The van der Waals surface area contributed by atoms with Gasteiger partial charge in [0.2, 0.25) is 15.9 Å². The zero-order valence-electron chi connectivity index (χ0n) is 14.3. The number of ether oxygens (including phenoxy) is 1. The van der Waals surface area contributed by atoms with E-state index in [1.807, 2.05) is 30.3 Å². The van der Waals surface area contributed by atoms with Gasteiger partial charge in [0.15, 0.2) is 0 Å². The summed E-state index contributed by atoms with van der Waals surface area (Å²) in [6, 6.07) is 9.50. The van der Waals surface area contributed by atoms with Crippen molar-refractivity contribution < 1.29 is 17.9 Å². The van der Waals surface area contributed by atoms with E-state index < -0.39 is 10.0 Å². The van der Waals surface area contributed by atoms with Crippen LogP contribution in [-0.4, -0.2) is 62.6 Å². The summed E-state index contributed by atoms with van der Waals surface area (Å²) < 4.78 is 30.8. The molecule has 1 aliphatic heterocycles. The maximum atomic E-state index is 12.5. The Morgan fingerprint density at radius 2 is 1.88 bits per heavy atom. The van der Waals surface area contributed by atoms with Gasteiger partial charge in [0.1, 0.15) is 12.4 Å². The van der Waals surface area contributed by atoms with Crippen LogP contribution < -0.4 is 4.74 Å². The summed E-state index contributed by atoms with van der Waals surface area (Å²) in [6.45, 7) is 3.46. The molecule has 1 amide bonds. The standard InChI is InChI=1S/C17H26N2O4S/c1-3-24(21,22)19-11-9-15(10-12-19)17(20)18(2)13-14-23-16-7-5-4-6-8-16/h4-8,15H,3,9-14H2,1-2H3. The van der Waals surface area contributed by atoms with E-state index >= 15 is 0 Å².